The molecule has 0 radical (unpaired) electrons. The Morgan fingerprint density at radius 1 is 1.25 bits per heavy atom. The van der Waals surface area contributed by atoms with Gasteiger partial charge in [0.15, 0.2) is 0 Å². The van der Waals surface area contributed by atoms with Crippen molar-refractivity contribution in [3.63, 3.8) is 0 Å². The van der Waals surface area contributed by atoms with Gasteiger partial charge in [-0.2, -0.15) is 11.3 Å². The van der Waals surface area contributed by atoms with E-state index in [2.05, 4.69) is 5.32 Å². The van der Waals surface area contributed by atoms with E-state index in [9.17, 15) is 9.59 Å². The molecule has 2 amide bonds. The fraction of sp³-hybridized carbons (Fsp3) is 0.429. The van der Waals surface area contributed by atoms with Crippen molar-refractivity contribution in [1.82, 2.24) is 10.2 Å². The lowest BCUT2D eigenvalue weighted by molar-refractivity contribution is -0.132. The monoisotopic (exact) mass is 402 g/mol. The molecule has 1 atom stereocenters. The summed E-state index contributed by atoms with van der Waals surface area (Å²) in [5, 5.41) is 6.56. The highest BCUT2D eigenvalue weighted by atomic mass is 32.1. The molecule has 2 heterocycles. The molecule has 0 unspecified atom stereocenters. The fourth-order valence-corrected chi connectivity index (χ4v) is 4.20. The molecule has 1 aliphatic heterocycles. The number of amides is 2. The van der Waals surface area contributed by atoms with Crippen LogP contribution in [0.25, 0.3) is 0 Å². The summed E-state index contributed by atoms with van der Waals surface area (Å²) >= 11 is 1.49. The molecule has 1 aliphatic rings. The second-order valence-electron chi connectivity index (χ2n) is 6.72. The van der Waals surface area contributed by atoms with Crippen molar-refractivity contribution in [3.05, 3.63) is 46.2 Å². The van der Waals surface area contributed by atoms with Gasteiger partial charge in [0.2, 0.25) is 5.91 Å². The van der Waals surface area contributed by atoms with Crippen LogP contribution in [-0.2, 0) is 4.79 Å². The Morgan fingerprint density at radius 2 is 2.11 bits per heavy atom. The predicted molar refractivity (Wildman–Crippen MR) is 109 cm³/mol. The van der Waals surface area contributed by atoms with Crippen molar-refractivity contribution >= 4 is 23.2 Å². The first-order valence-electron chi connectivity index (χ1n) is 9.46. The fourth-order valence-electron chi connectivity index (χ4n) is 3.56. The average molecular weight is 403 g/mol. The summed E-state index contributed by atoms with van der Waals surface area (Å²) in [5.74, 6) is 1.51. The Kier molecular flexibility index (Phi) is 6.92. The van der Waals surface area contributed by atoms with Gasteiger partial charge in [-0.25, -0.2) is 0 Å². The molecule has 6 nitrogen and oxygen atoms in total. The maximum atomic E-state index is 12.8. The molecule has 1 aromatic heterocycles. The van der Waals surface area contributed by atoms with Crippen molar-refractivity contribution in [2.75, 3.05) is 27.3 Å². The van der Waals surface area contributed by atoms with Crippen LogP contribution in [0.2, 0.25) is 0 Å². The Labute approximate surface area is 169 Å². The number of nitrogens with one attached hydrogen (secondary N) is 1. The van der Waals surface area contributed by atoms with Crippen LogP contribution in [0.4, 0.5) is 0 Å². The summed E-state index contributed by atoms with van der Waals surface area (Å²) in [5.41, 5.74) is 1.68. The number of nitrogens with zero attached hydrogens (tertiary/aromatic N) is 1. The van der Waals surface area contributed by atoms with Gasteiger partial charge in [0.05, 0.1) is 20.3 Å². The third kappa shape index (κ3) is 4.65. The van der Waals surface area contributed by atoms with Crippen molar-refractivity contribution in [1.29, 1.82) is 0 Å². The minimum atomic E-state index is -0.0873. The molecular weight excluding hydrogens is 376 g/mol. The smallest absolute Gasteiger partial charge is 0.252 e. The molecule has 3 rings (SSSR count). The standard InChI is InChI=1S/C21H26N2O4S/c1-26-16-7-8-17(19(13-16)27-2)18-5-4-11-23(18)20(24)6-3-10-22-21(25)15-9-12-28-14-15/h7-9,12-14,18H,3-6,10-11H2,1-2H3,(H,22,25)/t18-/m1/s1. The molecule has 1 fully saturated rings. The minimum absolute atomic E-state index is 0.0220. The molecule has 0 spiro atoms. The molecule has 28 heavy (non-hydrogen) atoms. The number of carbonyl (C=O) groups excluding carboxylic acids is 2. The SMILES string of the molecule is COc1ccc([C@H]2CCCN2C(=O)CCCNC(=O)c2ccsc2)c(OC)c1. The van der Waals surface area contributed by atoms with E-state index in [-0.39, 0.29) is 17.9 Å². The summed E-state index contributed by atoms with van der Waals surface area (Å²) in [6.45, 7) is 1.24. The lowest BCUT2D eigenvalue weighted by Gasteiger charge is -2.26. The van der Waals surface area contributed by atoms with Gasteiger partial charge in [0, 0.05) is 42.1 Å². The van der Waals surface area contributed by atoms with Gasteiger partial charge in [-0.15, -0.1) is 0 Å². The van der Waals surface area contributed by atoms with E-state index >= 15 is 0 Å². The van der Waals surface area contributed by atoms with Crippen molar-refractivity contribution < 1.29 is 19.1 Å². The number of methoxy groups -OCH3 is 2. The van der Waals surface area contributed by atoms with Crippen LogP contribution in [0.1, 0.15) is 47.6 Å². The average Bonchev–Trinajstić information content (AvgIpc) is 3.42. The van der Waals surface area contributed by atoms with E-state index in [0.29, 0.717) is 24.9 Å². The number of rotatable bonds is 8. The summed E-state index contributed by atoms with van der Waals surface area (Å²) in [4.78, 5) is 26.7. The zero-order valence-corrected chi connectivity index (χ0v) is 17.1. The Balaban J connectivity index is 1.55. The van der Waals surface area contributed by atoms with Crippen molar-refractivity contribution in [3.8, 4) is 11.5 Å². The quantitative estimate of drug-likeness (QED) is 0.685. The van der Waals surface area contributed by atoms with Crippen LogP contribution in [0.5, 0.6) is 11.5 Å². The summed E-state index contributed by atoms with van der Waals surface area (Å²) < 4.78 is 10.8. The van der Waals surface area contributed by atoms with E-state index in [4.69, 9.17) is 9.47 Å². The van der Waals surface area contributed by atoms with Crippen LogP contribution in [0, 0.1) is 0 Å². The first kappa shape index (κ1) is 20.2. The predicted octanol–water partition coefficient (Wildman–Crippen LogP) is 3.64. The number of likely N-dealkylation sites (tertiary alicyclic amines) is 1. The molecule has 2 aromatic rings. The number of carbonyl (C=O) groups is 2. The van der Waals surface area contributed by atoms with Gasteiger partial charge < -0.3 is 19.7 Å². The van der Waals surface area contributed by atoms with Crippen molar-refractivity contribution in [2.24, 2.45) is 0 Å². The van der Waals surface area contributed by atoms with Crippen LogP contribution in [0.3, 0.4) is 0 Å². The molecule has 7 heteroatoms. The topological polar surface area (TPSA) is 67.9 Å². The zero-order chi connectivity index (χ0) is 19.9. The molecule has 1 saturated heterocycles. The van der Waals surface area contributed by atoms with Gasteiger partial charge in [0.1, 0.15) is 11.5 Å². The van der Waals surface area contributed by atoms with Gasteiger partial charge in [-0.1, -0.05) is 0 Å². The van der Waals surface area contributed by atoms with E-state index in [1.54, 1.807) is 20.3 Å². The Hall–Kier alpha value is -2.54. The van der Waals surface area contributed by atoms with Gasteiger partial charge in [-0.3, -0.25) is 9.59 Å². The summed E-state index contributed by atoms with van der Waals surface area (Å²) in [6, 6.07) is 7.56. The van der Waals surface area contributed by atoms with Crippen LogP contribution in [-0.4, -0.2) is 44.0 Å². The lowest BCUT2D eigenvalue weighted by atomic mass is 10.0. The Bertz CT molecular complexity index is 807. The maximum Gasteiger partial charge on any atom is 0.252 e. The van der Waals surface area contributed by atoms with E-state index < -0.39 is 0 Å². The maximum absolute atomic E-state index is 12.8. The van der Waals surface area contributed by atoms with Crippen LogP contribution < -0.4 is 14.8 Å². The first-order chi connectivity index (χ1) is 13.6. The number of hydrogen-bond donors (Lipinski definition) is 1. The van der Waals surface area contributed by atoms with Crippen LogP contribution >= 0.6 is 11.3 Å². The third-order valence-corrected chi connectivity index (χ3v) is 5.69. The lowest BCUT2D eigenvalue weighted by Crippen LogP contribution is -2.31. The van der Waals surface area contributed by atoms with Crippen LogP contribution in [0.15, 0.2) is 35.0 Å². The van der Waals surface area contributed by atoms with Gasteiger partial charge >= 0.3 is 0 Å². The molecule has 1 N–H and O–H groups in total. The Morgan fingerprint density at radius 3 is 2.82 bits per heavy atom. The highest BCUT2D eigenvalue weighted by Gasteiger charge is 2.31. The second-order valence-corrected chi connectivity index (χ2v) is 7.50. The number of benzene rings is 1. The first-order valence-corrected chi connectivity index (χ1v) is 10.4. The molecule has 0 aliphatic carbocycles. The summed E-state index contributed by atoms with van der Waals surface area (Å²) in [7, 11) is 3.26. The number of hydrogen-bond acceptors (Lipinski definition) is 5. The van der Waals surface area contributed by atoms with Gasteiger partial charge in [0.25, 0.3) is 5.91 Å². The third-order valence-electron chi connectivity index (χ3n) is 5.01. The molecule has 0 bridgehead atoms. The molecule has 0 saturated carbocycles. The molecule has 150 valence electrons. The van der Waals surface area contributed by atoms with Gasteiger partial charge in [-0.05, 0) is 42.8 Å². The van der Waals surface area contributed by atoms with E-state index in [1.165, 1.54) is 11.3 Å². The largest absolute Gasteiger partial charge is 0.497 e. The number of ether oxygens (including phenoxy) is 2. The molecule has 1 aromatic carbocycles. The normalized spacial score (nSPS) is 16.1. The second kappa shape index (κ2) is 9.59. The van der Waals surface area contributed by atoms with E-state index in [1.807, 2.05) is 33.9 Å². The highest BCUT2D eigenvalue weighted by molar-refractivity contribution is 7.08. The zero-order valence-electron chi connectivity index (χ0n) is 16.3. The van der Waals surface area contributed by atoms with E-state index in [0.717, 1.165) is 36.4 Å². The molecular formula is C21H26N2O4S. The highest BCUT2D eigenvalue weighted by Crippen LogP contribution is 2.39. The minimum Gasteiger partial charge on any atom is -0.497 e. The number of thiophene rings is 1. The van der Waals surface area contributed by atoms with Crippen molar-refractivity contribution in [2.45, 2.75) is 31.7 Å². The summed E-state index contributed by atoms with van der Waals surface area (Å²) in [6.07, 6.45) is 2.93.